The van der Waals surface area contributed by atoms with Crippen molar-refractivity contribution < 1.29 is 44.3 Å². The summed E-state index contributed by atoms with van der Waals surface area (Å²) in [6, 6.07) is 4.44. The Labute approximate surface area is 129 Å². The van der Waals surface area contributed by atoms with Crippen molar-refractivity contribution in [3.63, 3.8) is 0 Å². The van der Waals surface area contributed by atoms with E-state index in [9.17, 15) is 44.3 Å². The Bertz CT molecular complexity index is 592. The molecule has 0 heterocycles. The SMILES string of the molecule is [CH2]Cc1ccc(NC(=O)C(F)(F)C(F)(F)C(F)(F)C(F)(F)F)cc1. The van der Waals surface area contributed by atoms with Crippen LogP contribution in [-0.4, -0.2) is 29.9 Å². The van der Waals surface area contributed by atoms with Crippen LogP contribution in [0.3, 0.4) is 0 Å². The van der Waals surface area contributed by atoms with E-state index in [2.05, 4.69) is 6.92 Å². The molecule has 1 amide bonds. The molecule has 1 N–H and O–H groups in total. The van der Waals surface area contributed by atoms with E-state index >= 15 is 0 Å². The summed E-state index contributed by atoms with van der Waals surface area (Å²) >= 11 is 0. The van der Waals surface area contributed by atoms with Gasteiger partial charge in [-0.2, -0.15) is 39.5 Å². The summed E-state index contributed by atoms with van der Waals surface area (Å²) in [6.07, 6.45) is -6.71. The van der Waals surface area contributed by atoms with Crippen LogP contribution in [0.15, 0.2) is 24.3 Å². The lowest BCUT2D eigenvalue weighted by Crippen LogP contribution is -2.64. The van der Waals surface area contributed by atoms with Crippen LogP contribution < -0.4 is 5.32 Å². The summed E-state index contributed by atoms with van der Waals surface area (Å²) in [5.74, 6) is -23.4. The second-order valence-corrected chi connectivity index (χ2v) is 4.62. The zero-order valence-electron chi connectivity index (χ0n) is 11.5. The first-order chi connectivity index (χ1) is 10.7. The van der Waals surface area contributed by atoms with Crippen LogP contribution in [0.4, 0.5) is 45.2 Å². The molecule has 1 radical (unpaired) electrons. The minimum Gasteiger partial charge on any atom is -0.321 e. The first-order valence-corrected chi connectivity index (χ1v) is 6.08. The van der Waals surface area contributed by atoms with Crippen molar-refractivity contribution in [3.05, 3.63) is 36.8 Å². The molecule has 0 aliphatic rings. The van der Waals surface area contributed by atoms with Gasteiger partial charge in [-0.1, -0.05) is 12.1 Å². The average Bonchev–Trinajstić information content (AvgIpc) is 2.46. The summed E-state index contributed by atoms with van der Waals surface area (Å²) in [7, 11) is 0. The molecule has 0 saturated carbocycles. The molecule has 2 nitrogen and oxygen atoms in total. The number of amides is 1. The maximum atomic E-state index is 13.3. The molecule has 0 atom stereocenters. The van der Waals surface area contributed by atoms with Gasteiger partial charge in [0.15, 0.2) is 0 Å². The Morgan fingerprint density at radius 1 is 0.875 bits per heavy atom. The first-order valence-electron chi connectivity index (χ1n) is 6.08. The second-order valence-electron chi connectivity index (χ2n) is 4.62. The molecule has 0 saturated heterocycles. The molecule has 1 rings (SSSR count). The summed E-state index contributed by atoms with van der Waals surface area (Å²) in [5, 5.41) is 1.17. The van der Waals surface area contributed by atoms with Gasteiger partial charge in [0, 0.05) is 5.69 Å². The topological polar surface area (TPSA) is 29.1 Å². The van der Waals surface area contributed by atoms with Gasteiger partial charge in [0.05, 0.1) is 0 Å². The summed E-state index contributed by atoms with van der Waals surface area (Å²) in [6.45, 7) is 3.47. The van der Waals surface area contributed by atoms with Crippen molar-refractivity contribution in [2.45, 2.75) is 30.4 Å². The number of hydrogen-bond acceptors (Lipinski definition) is 1. The van der Waals surface area contributed by atoms with Gasteiger partial charge in [-0.25, -0.2) is 0 Å². The van der Waals surface area contributed by atoms with E-state index < -0.39 is 35.5 Å². The average molecular weight is 366 g/mol. The molecule has 0 bridgehead atoms. The van der Waals surface area contributed by atoms with E-state index in [-0.39, 0.29) is 6.42 Å². The molecule has 135 valence electrons. The monoisotopic (exact) mass is 366 g/mol. The molecular formula is C13H9F9NO. The minimum absolute atomic E-state index is 0.264. The fraction of sp³-hybridized carbons (Fsp3) is 0.385. The van der Waals surface area contributed by atoms with Crippen molar-refractivity contribution in [2.24, 2.45) is 0 Å². The molecule has 0 spiro atoms. The lowest BCUT2D eigenvalue weighted by molar-refractivity contribution is -0.388. The molecule has 24 heavy (non-hydrogen) atoms. The quantitative estimate of drug-likeness (QED) is 0.766. The molecule has 0 aliphatic carbocycles. The van der Waals surface area contributed by atoms with Crippen LogP contribution in [0, 0.1) is 6.92 Å². The van der Waals surface area contributed by atoms with Gasteiger partial charge in [-0.15, -0.1) is 0 Å². The summed E-state index contributed by atoms with van der Waals surface area (Å²) in [4.78, 5) is 11.2. The highest BCUT2D eigenvalue weighted by atomic mass is 19.4. The number of carbonyl (C=O) groups is 1. The molecular weight excluding hydrogens is 357 g/mol. The predicted octanol–water partition coefficient (Wildman–Crippen LogP) is 4.47. The maximum Gasteiger partial charge on any atom is 0.460 e. The maximum absolute atomic E-state index is 13.3. The van der Waals surface area contributed by atoms with E-state index in [1.807, 2.05) is 0 Å². The third-order valence-electron chi connectivity index (χ3n) is 2.93. The number of alkyl halides is 9. The zero-order chi connectivity index (χ0) is 19.0. The fourth-order valence-corrected chi connectivity index (χ4v) is 1.48. The van der Waals surface area contributed by atoms with Crippen LogP contribution in [0.2, 0.25) is 0 Å². The highest BCUT2D eigenvalue weighted by Crippen LogP contribution is 2.53. The van der Waals surface area contributed by atoms with Gasteiger partial charge >= 0.3 is 29.9 Å². The molecule has 0 aliphatic heterocycles. The highest BCUT2D eigenvalue weighted by molar-refractivity contribution is 5.97. The van der Waals surface area contributed by atoms with Crippen molar-refractivity contribution in [1.82, 2.24) is 0 Å². The second kappa shape index (κ2) is 6.17. The number of hydrogen-bond donors (Lipinski definition) is 1. The van der Waals surface area contributed by atoms with Gasteiger partial charge in [0.2, 0.25) is 0 Å². The first kappa shape index (κ1) is 20.1. The normalized spacial score (nSPS) is 13.8. The van der Waals surface area contributed by atoms with Gasteiger partial charge in [-0.05, 0) is 31.0 Å². The minimum atomic E-state index is -7.11. The Hall–Kier alpha value is -1.94. The van der Waals surface area contributed by atoms with Crippen LogP contribution in [0.1, 0.15) is 5.56 Å². The van der Waals surface area contributed by atoms with Crippen molar-refractivity contribution in [3.8, 4) is 0 Å². The number of carbonyl (C=O) groups excluding carboxylic acids is 1. The van der Waals surface area contributed by atoms with E-state index in [4.69, 9.17) is 0 Å². The van der Waals surface area contributed by atoms with Crippen molar-refractivity contribution in [2.75, 3.05) is 5.32 Å². The molecule has 0 unspecified atom stereocenters. The summed E-state index contributed by atoms with van der Waals surface area (Å²) < 4.78 is 114. The lowest BCUT2D eigenvalue weighted by Gasteiger charge is -2.32. The third kappa shape index (κ3) is 3.29. The number of nitrogens with one attached hydrogen (secondary N) is 1. The number of halogens is 9. The summed E-state index contributed by atoms with van der Waals surface area (Å²) in [5.41, 5.74) is 0.0664. The van der Waals surface area contributed by atoms with Crippen LogP contribution in [0.5, 0.6) is 0 Å². The van der Waals surface area contributed by atoms with Gasteiger partial charge in [-0.3, -0.25) is 4.79 Å². The molecule has 0 fully saturated rings. The molecule has 0 aromatic heterocycles. The Balaban J connectivity index is 3.10. The van der Waals surface area contributed by atoms with Gasteiger partial charge in [0.25, 0.3) is 0 Å². The molecule has 1 aromatic carbocycles. The van der Waals surface area contributed by atoms with Crippen molar-refractivity contribution in [1.29, 1.82) is 0 Å². The smallest absolute Gasteiger partial charge is 0.321 e. The Kier molecular flexibility index (Phi) is 5.17. The molecule has 1 aromatic rings. The number of rotatable bonds is 5. The Morgan fingerprint density at radius 3 is 1.71 bits per heavy atom. The van der Waals surface area contributed by atoms with Crippen LogP contribution in [-0.2, 0) is 11.2 Å². The Morgan fingerprint density at radius 2 is 1.33 bits per heavy atom. The molecule has 11 heteroatoms. The lowest BCUT2D eigenvalue weighted by atomic mass is 10.0. The van der Waals surface area contributed by atoms with Crippen molar-refractivity contribution >= 4 is 11.6 Å². The number of benzene rings is 1. The third-order valence-corrected chi connectivity index (χ3v) is 2.93. The van der Waals surface area contributed by atoms with E-state index in [1.54, 1.807) is 0 Å². The van der Waals surface area contributed by atoms with Crippen LogP contribution >= 0.6 is 0 Å². The van der Waals surface area contributed by atoms with E-state index in [0.717, 1.165) is 12.1 Å². The zero-order valence-corrected chi connectivity index (χ0v) is 11.5. The van der Waals surface area contributed by atoms with E-state index in [1.165, 1.54) is 17.4 Å². The predicted molar refractivity (Wildman–Crippen MR) is 65.0 cm³/mol. The van der Waals surface area contributed by atoms with Gasteiger partial charge < -0.3 is 5.32 Å². The van der Waals surface area contributed by atoms with E-state index in [0.29, 0.717) is 5.56 Å². The highest BCUT2D eigenvalue weighted by Gasteiger charge is 2.83. The van der Waals surface area contributed by atoms with Crippen LogP contribution in [0.25, 0.3) is 0 Å². The number of anilines is 1. The fourth-order valence-electron chi connectivity index (χ4n) is 1.48. The standard InChI is InChI=1S/C13H9F9NO/c1-2-7-3-5-8(6-4-7)23-9(24)10(14,15)11(16,17)12(18,19)13(20,21)22/h3-6H,1-2H2,(H,23,24). The largest absolute Gasteiger partial charge is 0.460 e. The van der Waals surface area contributed by atoms with Gasteiger partial charge in [0.1, 0.15) is 0 Å².